The lowest BCUT2D eigenvalue weighted by Crippen LogP contribution is -2.48. The quantitative estimate of drug-likeness (QED) is 0.931. The fraction of sp³-hybridized carbons (Fsp3) is 0.579. The van der Waals surface area contributed by atoms with Crippen molar-refractivity contribution in [3.8, 4) is 0 Å². The number of carbonyl (C=O) groups is 2. The van der Waals surface area contributed by atoms with Gasteiger partial charge >= 0.3 is 0 Å². The molecule has 2 heterocycles. The summed E-state index contributed by atoms with van der Waals surface area (Å²) < 4.78 is 0. The van der Waals surface area contributed by atoms with Crippen molar-refractivity contribution in [2.75, 3.05) is 19.6 Å². The van der Waals surface area contributed by atoms with Gasteiger partial charge in [0.15, 0.2) is 0 Å². The van der Waals surface area contributed by atoms with Crippen molar-refractivity contribution >= 4 is 11.8 Å². The molecule has 0 saturated carbocycles. The fourth-order valence-corrected chi connectivity index (χ4v) is 3.69. The molecule has 0 aromatic heterocycles. The van der Waals surface area contributed by atoms with Crippen LogP contribution in [0.15, 0.2) is 24.3 Å². The van der Waals surface area contributed by atoms with E-state index in [-0.39, 0.29) is 17.7 Å². The van der Waals surface area contributed by atoms with Gasteiger partial charge in [0.25, 0.3) is 0 Å². The molecule has 2 aliphatic heterocycles. The Labute approximate surface area is 138 Å². The molecule has 0 spiro atoms. The average molecular weight is 314 g/mol. The third-order valence-corrected chi connectivity index (χ3v) is 5.09. The second-order valence-corrected chi connectivity index (χ2v) is 7.02. The molecule has 1 N–H and O–H groups in total. The van der Waals surface area contributed by atoms with Crippen LogP contribution in [-0.4, -0.2) is 36.3 Å². The minimum atomic E-state index is -0.0224. The standard InChI is InChI=1S/C19H26N2O2/c1-14-4-6-15(7-5-14)11-16-3-2-10-21(13-16)19(23)17-8-9-18(22)20-12-17/h4-7,16-17H,2-3,8-13H2,1H3,(H,20,22)/t16-,17-/m1/s1. The van der Waals surface area contributed by atoms with Crippen molar-refractivity contribution in [2.24, 2.45) is 11.8 Å². The summed E-state index contributed by atoms with van der Waals surface area (Å²) in [6.45, 7) is 4.34. The summed E-state index contributed by atoms with van der Waals surface area (Å²) in [4.78, 5) is 26.0. The highest BCUT2D eigenvalue weighted by atomic mass is 16.2. The van der Waals surface area contributed by atoms with Crippen molar-refractivity contribution in [2.45, 2.75) is 39.0 Å². The van der Waals surface area contributed by atoms with E-state index in [1.807, 2.05) is 4.90 Å². The molecule has 1 aromatic carbocycles. The van der Waals surface area contributed by atoms with Gasteiger partial charge in [-0.2, -0.15) is 0 Å². The smallest absolute Gasteiger partial charge is 0.227 e. The predicted octanol–water partition coefficient (Wildman–Crippen LogP) is 2.30. The fourth-order valence-electron chi connectivity index (χ4n) is 3.69. The van der Waals surface area contributed by atoms with E-state index in [9.17, 15) is 9.59 Å². The number of rotatable bonds is 3. The van der Waals surface area contributed by atoms with Gasteiger partial charge in [-0.3, -0.25) is 9.59 Å². The molecule has 23 heavy (non-hydrogen) atoms. The van der Waals surface area contributed by atoms with Crippen LogP contribution in [0.3, 0.4) is 0 Å². The van der Waals surface area contributed by atoms with Crippen molar-refractivity contribution in [1.29, 1.82) is 0 Å². The Morgan fingerprint density at radius 1 is 1.26 bits per heavy atom. The van der Waals surface area contributed by atoms with Crippen LogP contribution >= 0.6 is 0 Å². The van der Waals surface area contributed by atoms with Crippen molar-refractivity contribution in [1.82, 2.24) is 10.2 Å². The number of hydrogen-bond acceptors (Lipinski definition) is 2. The van der Waals surface area contributed by atoms with Crippen LogP contribution < -0.4 is 5.32 Å². The van der Waals surface area contributed by atoms with E-state index in [2.05, 4.69) is 36.5 Å². The number of aryl methyl sites for hydroxylation is 1. The zero-order valence-corrected chi connectivity index (χ0v) is 13.9. The van der Waals surface area contributed by atoms with Crippen molar-refractivity contribution in [3.05, 3.63) is 35.4 Å². The summed E-state index contributed by atoms with van der Waals surface area (Å²) in [5.41, 5.74) is 2.65. The predicted molar refractivity (Wildman–Crippen MR) is 89.9 cm³/mol. The Balaban J connectivity index is 1.56. The number of carbonyl (C=O) groups excluding carboxylic acids is 2. The highest BCUT2D eigenvalue weighted by molar-refractivity contribution is 5.83. The summed E-state index contributed by atoms with van der Waals surface area (Å²) in [6, 6.07) is 8.72. The van der Waals surface area contributed by atoms with Crippen molar-refractivity contribution < 1.29 is 9.59 Å². The van der Waals surface area contributed by atoms with Crippen LogP contribution in [0.4, 0.5) is 0 Å². The van der Waals surface area contributed by atoms with E-state index in [0.717, 1.165) is 25.9 Å². The van der Waals surface area contributed by atoms with Gasteiger partial charge in [0, 0.05) is 26.1 Å². The van der Waals surface area contributed by atoms with E-state index in [4.69, 9.17) is 0 Å². The van der Waals surface area contributed by atoms with E-state index >= 15 is 0 Å². The summed E-state index contributed by atoms with van der Waals surface area (Å²) in [5, 5.41) is 2.82. The lowest BCUT2D eigenvalue weighted by Gasteiger charge is -2.36. The SMILES string of the molecule is Cc1ccc(C[C@H]2CCCN(C(=O)[C@@H]3CCC(=O)NC3)C2)cc1. The second-order valence-electron chi connectivity index (χ2n) is 7.02. The molecule has 3 rings (SSSR count). The highest BCUT2D eigenvalue weighted by Crippen LogP contribution is 2.24. The number of likely N-dealkylation sites (tertiary alicyclic amines) is 1. The topological polar surface area (TPSA) is 49.4 Å². The third-order valence-electron chi connectivity index (χ3n) is 5.09. The number of piperidine rings is 2. The molecule has 2 atom stereocenters. The van der Waals surface area contributed by atoms with Crippen LogP contribution in [-0.2, 0) is 16.0 Å². The first-order chi connectivity index (χ1) is 11.1. The van der Waals surface area contributed by atoms with Crippen LogP contribution in [0.2, 0.25) is 0 Å². The minimum absolute atomic E-state index is 0.0224. The number of amides is 2. The largest absolute Gasteiger partial charge is 0.355 e. The van der Waals surface area contributed by atoms with Gasteiger partial charge < -0.3 is 10.2 Å². The zero-order valence-electron chi connectivity index (χ0n) is 13.9. The van der Waals surface area contributed by atoms with Gasteiger partial charge in [-0.1, -0.05) is 29.8 Å². The molecule has 4 heteroatoms. The molecule has 0 unspecified atom stereocenters. The second kappa shape index (κ2) is 7.16. The molecule has 1 aromatic rings. The first kappa shape index (κ1) is 16.0. The monoisotopic (exact) mass is 314 g/mol. The lowest BCUT2D eigenvalue weighted by atomic mass is 9.89. The number of benzene rings is 1. The Bertz CT molecular complexity index is 557. The van der Waals surface area contributed by atoms with Crippen LogP contribution in [0.25, 0.3) is 0 Å². The molecule has 2 amide bonds. The van der Waals surface area contributed by atoms with Gasteiger partial charge in [0.05, 0.1) is 5.92 Å². The number of hydrogen-bond donors (Lipinski definition) is 1. The highest BCUT2D eigenvalue weighted by Gasteiger charge is 2.31. The lowest BCUT2D eigenvalue weighted by molar-refractivity contribution is -0.139. The van der Waals surface area contributed by atoms with E-state index in [1.54, 1.807) is 0 Å². The van der Waals surface area contributed by atoms with Gasteiger partial charge in [0.1, 0.15) is 0 Å². The molecule has 124 valence electrons. The van der Waals surface area contributed by atoms with E-state index in [1.165, 1.54) is 17.5 Å². The first-order valence-electron chi connectivity index (χ1n) is 8.73. The molecular formula is C19H26N2O2. The molecular weight excluding hydrogens is 288 g/mol. The maximum atomic E-state index is 12.7. The summed E-state index contributed by atoms with van der Waals surface area (Å²) in [7, 11) is 0. The Morgan fingerprint density at radius 3 is 2.74 bits per heavy atom. The van der Waals surface area contributed by atoms with Gasteiger partial charge in [-0.15, -0.1) is 0 Å². The Hall–Kier alpha value is -1.84. The van der Waals surface area contributed by atoms with Crippen LogP contribution in [0.1, 0.15) is 36.8 Å². The minimum Gasteiger partial charge on any atom is -0.355 e. The normalized spacial score (nSPS) is 25.1. The summed E-state index contributed by atoms with van der Waals surface area (Å²) >= 11 is 0. The number of nitrogens with zero attached hydrogens (tertiary/aromatic N) is 1. The molecule has 2 fully saturated rings. The van der Waals surface area contributed by atoms with Crippen molar-refractivity contribution in [3.63, 3.8) is 0 Å². The van der Waals surface area contributed by atoms with Crippen LogP contribution in [0.5, 0.6) is 0 Å². The molecule has 0 aliphatic carbocycles. The van der Waals surface area contributed by atoms with Crippen LogP contribution in [0, 0.1) is 18.8 Å². The Morgan fingerprint density at radius 2 is 2.04 bits per heavy atom. The number of nitrogens with one attached hydrogen (secondary N) is 1. The third kappa shape index (κ3) is 4.12. The molecule has 2 saturated heterocycles. The molecule has 0 radical (unpaired) electrons. The Kier molecular flexibility index (Phi) is 4.99. The van der Waals surface area contributed by atoms with Gasteiger partial charge in [0.2, 0.25) is 11.8 Å². The van der Waals surface area contributed by atoms with E-state index < -0.39 is 0 Å². The summed E-state index contributed by atoms with van der Waals surface area (Å²) in [5.74, 6) is 0.836. The van der Waals surface area contributed by atoms with Gasteiger partial charge in [-0.25, -0.2) is 0 Å². The first-order valence-corrected chi connectivity index (χ1v) is 8.73. The molecule has 4 nitrogen and oxygen atoms in total. The van der Waals surface area contributed by atoms with Gasteiger partial charge in [-0.05, 0) is 44.1 Å². The maximum absolute atomic E-state index is 12.7. The van der Waals surface area contributed by atoms with E-state index in [0.29, 0.717) is 25.3 Å². The average Bonchev–Trinajstić information content (AvgIpc) is 2.57. The summed E-state index contributed by atoms with van der Waals surface area (Å²) in [6.07, 6.45) is 4.51. The molecule has 2 aliphatic rings. The molecule has 0 bridgehead atoms. The maximum Gasteiger partial charge on any atom is 0.227 e. The zero-order chi connectivity index (χ0) is 16.2.